The lowest BCUT2D eigenvalue weighted by Gasteiger charge is -2.10. The number of phenols is 1. The van der Waals surface area contributed by atoms with Crippen molar-refractivity contribution in [3.8, 4) is 34.6 Å². The summed E-state index contributed by atoms with van der Waals surface area (Å²) in [7, 11) is 0. The van der Waals surface area contributed by atoms with Gasteiger partial charge in [0.25, 0.3) is 0 Å². The molecule has 0 unspecified atom stereocenters. The van der Waals surface area contributed by atoms with E-state index in [0.717, 1.165) is 0 Å². The largest absolute Gasteiger partial charge is 0.506 e. The average Bonchev–Trinajstić information content (AvgIpc) is 3.34. The van der Waals surface area contributed by atoms with Gasteiger partial charge in [0, 0.05) is 11.8 Å². The Balaban J connectivity index is 1.70. The molecule has 11 heteroatoms. The number of benzene rings is 2. The van der Waals surface area contributed by atoms with Crippen LogP contribution >= 0.6 is 11.6 Å². The number of phenolic OH excluding ortho intramolecular Hbond substituents is 1. The number of ether oxygens (including phenoxy) is 1. The maximum Gasteiger partial charge on any atom is 0.221 e. The van der Waals surface area contributed by atoms with Gasteiger partial charge < -0.3 is 15.6 Å². The normalized spacial score (nSPS) is 11.2. The standard InChI is InChI=1S/C20H12ClFN6O3/c21-13-7-11(3-6-16(13)29)28-15-8-17(30-12-4-1-10(22)2-5-12)24-9-14(15)25-20(28)18-19(23)27-31-26-18/h1-9,29H,(H2,23,27). The smallest absolute Gasteiger partial charge is 0.221 e. The lowest BCUT2D eigenvalue weighted by atomic mass is 10.2. The maximum absolute atomic E-state index is 13.2. The summed E-state index contributed by atoms with van der Waals surface area (Å²) in [5.41, 5.74) is 7.77. The molecule has 0 fully saturated rings. The SMILES string of the molecule is Nc1nonc1-c1nc2cnc(Oc3ccc(F)cc3)cc2n1-c1ccc(O)c(Cl)c1. The van der Waals surface area contributed by atoms with Crippen molar-refractivity contribution in [1.29, 1.82) is 0 Å². The molecule has 5 rings (SSSR count). The number of nitrogens with two attached hydrogens (primary N) is 1. The molecule has 0 saturated heterocycles. The summed E-state index contributed by atoms with van der Waals surface area (Å²) in [4.78, 5) is 8.81. The van der Waals surface area contributed by atoms with Crippen LogP contribution in [0.5, 0.6) is 17.4 Å². The van der Waals surface area contributed by atoms with Gasteiger partial charge in [-0.05, 0) is 52.8 Å². The van der Waals surface area contributed by atoms with Crippen LogP contribution in [0.2, 0.25) is 5.02 Å². The summed E-state index contributed by atoms with van der Waals surface area (Å²) in [6.45, 7) is 0. The predicted molar refractivity (Wildman–Crippen MR) is 110 cm³/mol. The van der Waals surface area contributed by atoms with Gasteiger partial charge in [-0.25, -0.2) is 19.0 Å². The zero-order valence-corrected chi connectivity index (χ0v) is 16.3. The van der Waals surface area contributed by atoms with Crippen LogP contribution in [0.1, 0.15) is 0 Å². The summed E-state index contributed by atoms with van der Waals surface area (Å²) < 4.78 is 25.3. The number of halogens is 2. The third kappa shape index (κ3) is 3.38. The highest BCUT2D eigenvalue weighted by atomic mass is 35.5. The van der Waals surface area contributed by atoms with E-state index in [1.54, 1.807) is 22.8 Å². The van der Waals surface area contributed by atoms with E-state index in [0.29, 0.717) is 28.3 Å². The number of rotatable bonds is 4. The molecule has 0 radical (unpaired) electrons. The number of aromatic hydroxyl groups is 1. The third-order valence-electron chi connectivity index (χ3n) is 4.47. The van der Waals surface area contributed by atoms with Gasteiger partial charge in [0.15, 0.2) is 17.3 Å². The summed E-state index contributed by atoms with van der Waals surface area (Å²) >= 11 is 6.12. The Morgan fingerprint density at radius 2 is 1.90 bits per heavy atom. The third-order valence-corrected chi connectivity index (χ3v) is 4.77. The van der Waals surface area contributed by atoms with E-state index < -0.39 is 0 Å². The number of fused-ring (bicyclic) bond motifs is 1. The van der Waals surface area contributed by atoms with E-state index in [2.05, 4.69) is 20.3 Å². The van der Waals surface area contributed by atoms with Gasteiger partial charge in [-0.1, -0.05) is 11.6 Å². The van der Waals surface area contributed by atoms with E-state index in [4.69, 9.17) is 26.7 Å². The summed E-state index contributed by atoms with van der Waals surface area (Å²) in [6.07, 6.45) is 1.51. The molecule has 31 heavy (non-hydrogen) atoms. The second-order valence-electron chi connectivity index (χ2n) is 6.47. The molecule has 0 saturated carbocycles. The molecule has 2 aromatic carbocycles. The Labute approximate surface area is 178 Å². The molecule has 5 aromatic rings. The van der Waals surface area contributed by atoms with Crippen molar-refractivity contribution in [2.75, 3.05) is 5.73 Å². The minimum absolute atomic E-state index is 0.0529. The van der Waals surface area contributed by atoms with Crippen molar-refractivity contribution in [1.82, 2.24) is 24.8 Å². The first-order chi connectivity index (χ1) is 15.0. The Morgan fingerprint density at radius 3 is 2.61 bits per heavy atom. The van der Waals surface area contributed by atoms with Crippen molar-refractivity contribution in [2.45, 2.75) is 0 Å². The highest BCUT2D eigenvalue weighted by molar-refractivity contribution is 6.32. The van der Waals surface area contributed by atoms with Crippen molar-refractivity contribution in [2.24, 2.45) is 0 Å². The average molecular weight is 439 g/mol. The topological polar surface area (TPSA) is 125 Å². The summed E-state index contributed by atoms with van der Waals surface area (Å²) in [6, 6.07) is 11.9. The van der Waals surface area contributed by atoms with E-state index in [1.807, 2.05) is 0 Å². The van der Waals surface area contributed by atoms with Crippen molar-refractivity contribution < 1.29 is 18.9 Å². The molecule has 9 nitrogen and oxygen atoms in total. The van der Waals surface area contributed by atoms with Gasteiger partial charge in [0.1, 0.15) is 22.8 Å². The molecule has 0 bridgehead atoms. The van der Waals surface area contributed by atoms with Crippen LogP contribution in [0, 0.1) is 5.82 Å². The molecule has 0 spiro atoms. The lowest BCUT2D eigenvalue weighted by Crippen LogP contribution is -2.00. The number of nitrogen functional groups attached to an aromatic ring is 1. The molecule has 0 aliphatic rings. The quantitative estimate of drug-likeness (QED) is 0.424. The number of hydrogen-bond donors (Lipinski definition) is 2. The van der Waals surface area contributed by atoms with Crippen molar-refractivity contribution >= 4 is 28.5 Å². The number of pyridine rings is 1. The molecular weight excluding hydrogens is 427 g/mol. The Hall–Kier alpha value is -4.18. The highest BCUT2D eigenvalue weighted by Gasteiger charge is 2.21. The first-order valence-electron chi connectivity index (χ1n) is 8.89. The maximum atomic E-state index is 13.2. The molecule has 3 N–H and O–H groups in total. The van der Waals surface area contributed by atoms with E-state index in [1.165, 1.54) is 36.5 Å². The fraction of sp³-hybridized carbons (Fsp3) is 0. The van der Waals surface area contributed by atoms with Crippen molar-refractivity contribution in [3.05, 3.63) is 65.6 Å². The number of nitrogens with zero attached hydrogens (tertiary/aromatic N) is 5. The Bertz CT molecular complexity index is 1420. The lowest BCUT2D eigenvalue weighted by molar-refractivity contribution is 0.310. The zero-order valence-electron chi connectivity index (χ0n) is 15.5. The molecule has 3 aromatic heterocycles. The first kappa shape index (κ1) is 18.8. The van der Waals surface area contributed by atoms with Gasteiger partial charge >= 0.3 is 0 Å². The minimum Gasteiger partial charge on any atom is -0.506 e. The molecule has 0 aliphatic carbocycles. The minimum atomic E-state index is -0.374. The first-order valence-corrected chi connectivity index (χ1v) is 9.26. The van der Waals surface area contributed by atoms with Crippen molar-refractivity contribution in [3.63, 3.8) is 0 Å². The van der Waals surface area contributed by atoms with Crippen LogP contribution in [0.3, 0.4) is 0 Å². The van der Waals surface area contributed by atoms with E-state index in [9.17, 15) is 9.50 Å². The van der Waals surface area contributed by atoms with Crippen LogP contribution in [0.4, 0.5) is 10.2 Å². The monoisotopic (exact) mass is 438 g/mol. The van der Waals surface area contributed by atoms with Crippen LogP contribution < -0.4 is 10.5 Å². The second kappa shape index (κ2) is 7.26. The fourth-order valence-electron chi connectivity index (χ4n) is 3.05. The molecule has 0 amide bonds. The van der Waals surface area contributed by atoms with Crippen LogP contribution in [0.15, 0.2) is 59.4 Å². The van der Waals surface area contributed by atoms with Crippen LogP contribution in [-0.4, -0.2) is 30.0 Å². The Kier molecular flexibility index (Phi) is 4.41. The molecule has 154 valence electrons. The molecule has 0 aliphatic heterocycles. The Morgan fingerprint density at radius 1 is 1.10 bits per heavy atom. The van der Waals surface area contributed by atoms with E-state index in [-0.39, 0.29) is 34.0 Å². The molecule has 3 heterocycles. The van der Waals surface area contributed by atoms with Gasteiger partial charge in [-0.3, -0.25) is 4.57 Å². The summed E-state index contributed by atoms with van der Waals surface area (Å²) in [5.74, 6) is 0.607. The number of hydrogen-bond acceptors (Lipinski definition) is 8. The predicted octanol–water partition coefficient (Wildman–Crippen LogP) is 4.34. The van der Waals surface area contributed by atoms with Crippen LogP contribution in [-0.2, 0) is 0 Å². The zero-order chi connectivity index (χ0) is 21.5. The number of aromatic nitrogens is 5. The molecular formula is C20H12ClFN6O3. The molecule has 0 atom stereocenters. The summed E-state index contributed by atoms with van der Waals surface area (Å²) in [5, 5.41) is 17.4. The van der Waals surface area contributed by atoms with Gasteiger partial charge in [0.05, 0.1) is 16.7 Å². The van der Waals surface area contributed by atoms with E-state index >= 15 is 0 Å². The fourth-order valence-corrected chi connectivity index (χ4v) is 3.22. The highest BCUT2D eigenvalue weighted by Crippen LogP contribution is 2.34. The van der Waals surface area contributed by atoms with Gasteiger partial charge in [-0.2, -0.15) is 0 Å². The van der Waals surface area contributed by atoms with Gasteiger partial charge in [0.2, 0.25) is 5.88 Å². The van der Waals surface area contributed by atoms with Crippen LogP contribution in [0.25, 0.3) is 28.2 Å². The number of imidazole rings is 1. The second-order valence-corrected chi connectivity index (χ2v) is 6.88. The van der Waals surface area contributed by atoms with Gasteiger partial charge in [-0.15, -0.1) is 0 Å². The number of anilines is 1.